The van der Waals surface area contributed by atoms with Crippen LogP contribution in [0.25, 0.3) is 0 Å². The van der Waals surface area contributed by atoms with Crippen molar-refractivity contribution >= 4 is 17.4 Å². The average Bonchev–Trinajstić information content (AvgIpc) is 2.64. The Labute approximate surface area is 149 Å². The first kappa shape index (κ1) is 17.4. The highest BCUT2D eigenvalue weighted by Gasteiger charge is 2.18. The third kappa shape index (κ3) is 4.35. The van der Waals surface area contributed by atoms with Gasteiger partial charge in [-0.05, 0) is 56.5 Å². The van der Waals surface area contributed by atoms with Gasteiger partial charge in [0.1, 0.15) is 0 Å². The van der Waals surface area contributed by atoms with E-state index in [2.05, 4.69) is 52.5 Å². The predicted octanol–water partition coefficient (Wildman–Crippen LogP) is 4.01. The first-order valence-electron chi connectivity index (χ1n) is 9.16. The van der Waals surface area contributed by atoms with Crippen molar-refractivity contribution < 1.29 is 4.79 Å². The van der Waals surface area contributed by atoms with E-state index in [1.165, 1.54) is 24.8 Å². The van der Waals surface area contributed by atoms with Gasteiger partial charge in [-0.15, -0.1) is 10.2 Å². The Bertz CT molecular complexity index is 708. The molecule has 1 aromatic carbocycles. The van der Waals surface area contributed by atoms with Crippen LogP contribution in [0.5, 0.6) is 0 Å². The molecule has 25 heavy (non-hydrogen) atoms. The molecule has 0 atom stereocenters. The molecule has 1 heterocycles. The van der Waals surface area contributed by atoms with Crippen LogP contribution in [-0.4, -0.2) is 28.7 Å². The van der Waals surface area contributed by atoms with E-state index in [-0.39, 0.29) is 11.9 Å². The molecule has 0 unspecified atom stereocenters. The number of carbonyl (C=O) groups excluding carboxylic acids is 1. The third-order valence-corrected chi connectivity index (χ3v) is 4.73. The molecule has 1 aromatic heterocycles. The number of hydrogen-bond acceptors (Lipinski definition) is 4. The summed E-state index contributed by atoms with van der Waals surface area (Å²) in [5.74, 6) is 0.631. The Kier molecular flexibility index (Phi) is 5.64. The molecule has 1 aliphatic rings. The van der Waals surface area contributed by atoms with Gasteiger partial charge in [0.05, 0.1) is 0 Å². The summed E-state index contributed by atoms with van der Waals surface area (Å²) in [6, 6.07) is 12.2. The molecule has 1 fully saturated rings. The Morgan fingerprint density at radius 1 is 1.16 bits per heavy atom. The van der Waals surface area contributed by atoms with Gasteiger partial charge in [0.15, 0.2) is 11.5 Å². The van der Waals surface area contributed by atoms with Crippen molar-refractivity contribution in [1.82, 2.24) is 15.5 Å². The highest BCUT2D eigenvalue weighted by Crippen LogP contribution is 2.23. The molecule has 0 radical (unpaired) electrons. The summed E-state index contributed by atoms with van der Waals surface area (Å²) >= 11 is 0. The number of nitrogens with zero attached hydrogens (tertiary/aromatic N) is 3. The smallest absolute Gasteiger partial charge is 0.272 e. The topological polar surface area (TPSA) is 58.1 Å². The number of nitrogens with one attached hydrogen (secondary N) is 1. The predicted molar refractivity (Wildman–Crippen MR) is 100 cm³/mol. The molecule has 1 N–H and O–H groups in total. The molecule has 0 aliphatic heterocycles. The van der Waals surface area contributed by atoms with Crippen LogP contribution in [0.4, 0.5) is 11.5 Å². The van der Waals surface area contributed by atoms with Gasteiger partial charge < -0.3 is 10.2 Å². The summed E-state index contributed by atoms with van der Waals surface area (Å²) in [5.41, 5.74) is 2.67. The number of rotatable bonds is 5. The van der Waals surface area contributed by atoms with Gasteiger partial charge in [-0.25, -0.2) is 0 Å². The van der Waals surface area contributed by atoms with E-state index in [4.69, 9.17) is 0 Å². The monoisotopic (exact) mass is 338 g/mol. The first-order chi connectivity index (χ1) is 12.2. The van der Waals surface area contributed by atoms with Gasteiger partial charge in [0, 0.05) is 18.3 Å². The number of benzene rings is 1. The van der Waals surface area contributed by atoms with Crippen LogP contribution in [-0.2, 0) is 0 Å². The van der Waals surface area contributed by atoms with E-state index < -0.39 is 0 Å². The number of carbonyl (C=O) groups is 1. The Morgan fingerprint density at radius 3 is 2.60 bits per heavy atom. The first-order valence-corrected chi connectivity index (χ1v) is 9.16. The summed E-state index contributed by atoms with van der Waals surface area (Å²) in [7, 11) is 0. The van der Waals surface area contributed by atoms with E-state index in [9.17, 15) is 4.79 Å². The maximum Gasteiger partial charge on any atom is 0.272 e. The fraction of sp³-hybridized carbons (Fsp3) is 0.450. The minimum Gasteiger partial charge on any atom is -0.348 e. The molecular formula is C20H26N4O. The van der Waals surface area contributed by atoms with Crippen LogP contribution >= 0.6 is 0 Å². The zero-order chi connectivity index (χ0) is 17.6. The van der Waals surface area contributed by atoms with Gasteiger partial charge >= 0.3 is 0 Å². The normalized spacial score (nSPS) is 15.0. The van der Waals surface area contributed by atoms with Crippen molar-refractivity contribution in [3.63, 3.8) is 0 Å². The van der Waals surface area contributed by atoms with Crippen molar-refractivity contribution in [1.29, 1.82) is 0 Å². The highest BCUT2D eigenvalue weighted by molar-refractivity contribution is 5.92. The third-order valence-electron chi connectivity index (χ3n) is 4.73. The molecule has 0 bridgehead atoms. The average molecular weight is 338 g/mol. The van der Waals surface area contributed by atoms with Gasteiger partial charge in [-0.2, -0.15) is 0 Å². The number of aromatic nitrogens is 2. The van der Waals surface area contributed by atoms with E-state index in [1.54, 1.807) is 6.07 Å². The van der Waals surface area contributed by atoms with Gasteiger partial charge in [0.2, 0.25) is 0 Å². The van der Waals surface area contributed by atoms with Crippen molar-refractivity contribution in [2.45, 2.75) is 52.0 Å². The van der Waals surface area contributed by atoms with Crippen molar-refractivity contribution in [2.75, 3.05) is 11.4 Å². The standard InChI is InChI=1S/C20H26N4O/c1-3-24(17-11-7-8-15(2)14-17)19-13-12-18(22-23-19)20(25)21-16-9-5-4-6-10-16/h7-8,11-14,16H,3-6,9-10H2,1-2H3,(H,21,25). The maximum absolute atomic E-state index is 12.4. The molecular weight excluding hydrogens is 312 g/mol. The number of aryl methyl sites for hydroxylation is 1. The lowest BCUT2D eigenvalue weighted by Gasteiger charge is -2.23. The largest absolute Gasteiger partial charge is 0.348 e. The molecule has 5 nitrogen and oxygen atoms in total. The van der Waals surface area contributed by atoms with Crippen LogP contribution in [0, 0.1) is 6.92 Å². The quantitative estimate of drug-likeness (QED) is 0.895. The molecule has 132 valence electrons. The van der Waals surface area contributed by atoms with E-state index in [0.29, 0.717) is 5.69 Å². The Morgan fingerprint density at radius 2 is 1.96 bits per heavy atom. The second kappa shape index (κ2) is 8.10. The molecule has 0 spiro atoms. The van der Waals surface area contributed by atoms with E-state index in [1.807, 2.05) is 12.1 Å². The maximum atomic E-state index is 12.4. The summed E-state index contributed by atoms with van der Waals surface area (Å²) in [4.78, 5) is 14.4. The molecule has 2 aromatic rings. The number of anilines is 2. The summed E-state index contributed by atoms with van der Waals surface area (Å²) in [6.07, 6.45) is 5.78. The zero-order valence-electron chi connectivity index (χ0n) is 15.0. The molecule has 3 rings (SSSR count). The number of hydrogen-bond donors (Lipinski definition) is 1. The molecule has 0 saturated heterocycles. The second-order valence-corrected chi connectivity index (χ2v) is 6.67. The highest BCUT2D eigenvalue weighted by atomic mass is 16.2. The fourth-order valence-electron chi connectivity index (χ4n) is 3.37. The van der Waals surface area contributed by atoms with Crippen LogP contribution in [0.2, 0.25) is 0 Å². The van der Waals surface area contributed by atoms with Crippen LogP contribution < -0.4 is 10.2 Å². The lowest BCUT2D eigenvalue weighted by molar-refractivity contribution is 0.0921. The summed E-state index contributed by atoms with van der Waals surface area (Å²) in [6.45, 7) is 4.93. The number of amides is 1. The molecule has 1 amide bonds. The minimum absolute atomic E-state index is 0.121. The van der Waals surface area contributed by atoms with Crippen LogP contribution in [0.15, 0.2) is 36.4 Å². The molecule has 1 saturated carbocycles. The second-order valence-electron chi connectivity index (χ2n) is 6.67. The lowest BCUT2D eigenvalue weighted by atomic mass is 9.95. The van der Waals surface area contributed by atoms with Crippen molar-refractivity contribution in [3.8, 4) is 0 Å². The molecule has 5 heteroatoms. The van der Waals surface area contributed by atoms with E-state index >= 15 is 0 Å². The summed E-state index contributed by atoms with van der Waals surface area (Å²) in [5, 5.41) is 11.5. The lowest BCUT2D eigenvalue weighted by Crippen LogP contribution is -2.36. The Hall–Kier alpha value is -2.43. The van der Waals surface area contributed by atoms with Crippen LogP contribution in [0.1, 0.15) is 55.1 Å². The SMILES string of the molecule is CCN(c1cccc(C)c1)c1ccc(C(=O)NC2CCCCC2)nn1. The van der Waals surface area contributed by atoms with Crippen molar-refractivity contribution in [3.05, 3.63) is 47.7 Å². The van der Waals surface area contributed by atoms with Crippen molar-refractivity contribution in [2.24, 2.45) is 0 Å². The van der Waals surface area contributed by atoms with Gasteiger partial charge in [-0.3, -0.25) is 4.79 Å². The fourth-order valence-corrected chi connectivity index (χ4v) is 3.37. The minimum atomic E-state index is -0.121. The Balaban J connectivity index is 1.71. The van der Waals surface area contributed by atoms with Gasteiger partial charge in [0.25, 0.3) is 5.91 Å². The van der Waals surface area contributed by atoms with Gasteiger partial charge in [-0.1, -0.05) is 31.4 Å². The summed E-state index contributed by atoms with van der Waals surface area (Å²) < 4.78 is 0. The van der Waals surface area contributed by atoms with Crippen LogP contribution in [0.3, 0.4) is 0 Å². The zero-order valence-corrected chi connectivity index (χ0v) is 15.0. The molecule has 1 aliphatic carbocycles. The van der Waals surface area contributed by atoms with E-state index in [0.717, 1.165) is 30.9 Å².